The van der Waals surface area contributed by atoms with Gasteiger partial charge in [0.2, 0.25) is 0 Å². The van der Waals surface area contributed by atoms with Crippen LogP contribution in [0.5, 0.6) is 0 Å². The van der Waals surface area contributed by atoms with Gasteiger partial charge in [-0.3, -0.25) is 0 Å². The van der Waals surface area contributed by atoms with Crippen LogP contribution in [-0.2, 0) is 9.47 Å². The van der Waals surface area contributed by atoms with E-state index in [4.69, 9.17) is 15.9 Å². The van der Waals surface area contributed by atoms with Crippen LogP contribution in [0.2, 0.25) is 0 Å². The Morgan fingerprint density at radius 1 is 1.00 bits per heavy atom. The van der Waals surface area contributed by atoms with Crippen molar-refractivity contribution in [3.05, 3.63) is 72.3 Å². The average Bonchev–Trinajstić information content (AvgIpc) is 2.67. The van der Waals surface area contributed by atoms with Gasteiger partial charge in [0.15, 0.2) is 6.29 Å². The normalized spacial score (nSPS) is 20.3. The lowest BCUT2D eigenvalue weighted by Gasteiger charge is -2.29. The van der Waals surface area contributed by atoms with Crippen LogP contribution in [0.1, 0.15) is 30.3 Å². The van der Waals surface area contributed by atoms with E-state index in [-0.39, 0.29) is 6.29 Å². The van der Waals surface area contributed by atoms with Crippen molar-refractivity contribution in [2.24, 2.45) is 5.92 Å². The number of rotatable bonds is 5. The van der Waals surface area contributed by atoms with Crippen molar-refractivity contribution in [2.45, 2.75) is 19.1 Å². The van der Waals surface area contributed by atoms with Crippen LogP contribution >= 0.6 is 0 Å². The van der Waals surface area contributed by atoms with Gasteiger partial charge in [0.1, 0.15) is 0 Å². The van der Waals surface area contributed by atoms with Gasteiger partial charge in [-0.1, -0.05) is 48.4 Å². The number of allylic oxidation sites excluding steroid dienone is 1. The summed E-state index contributed by atoms with van der Waals surface area (Å²) in [6.45, 7) is 5.25. The Hall–Kier alpha value is -2.34. The van der Waals surface area contributed by atoms with Crippen LogP contribution < -0.4 is 0 Å². The molecule has 0 aliphatic carbocycles. The Labute approximate surface area is 144 Å². The summed E-state index contributed by atoms with van der Waals surface area (Å²) in [5, 5.41) is 0. The predicted molar refractivity (Wildman–Crippen MR) is 97.4 cm³/mol. The fraction of sp³-hybridized carbons (Fsp3) is 0.273. The van der Waals surface area contributed by atoms with E-state index in [0.717, 1.165) is 48.3 Å². The summed E-state index contributed by atoms with van der Waals surface area (Å²) in [7, 11) is 0. The first-order valence-corrected chi connectivity index (χ1v) is 8.31. The molecule has 0 bridgehead atoms. The molecule has 2 heteroatoms. The number of hydrogen-bond donors (Lipinski definition) is 0. The fourth-order valence-corrected chi connectivity index (χ4v) is 2.85. The Balaban J connectivity index is 1.62. The van der Waals surface area contributed by atoms with Crippen molar-refractivity contribution in [3.8, 4) is 23.5 Å². The van der Waals surface area contributed by atoms with Crippen molar-refractivity contribution in [2.75, 3.05) is 13.2 Å². The highest BCUT2D eigenvalue weighted by atomic mass is 16.7. The van der Waals surface area contributed by atoms with E-state index in [1.807, 2.05) is 30.3 Å². The maximum Gasteiger partial charge on any atom is 0.183 e. The molecule has 0 saturated carbocycles. The molecular weight excluding hydrogens is 296 g/mol. The lowest BCUT2D eigenvalue weighted by Crippen LogP contribution is -2.26. The first-order valence-electron chi connectivity index (χ1n) is 8.31. The van der Waals surface area contributed by atoms with Crippen molar-refractivity contribution in [3.63, 3.8) is 0 Å². The van der Waals surface area contributed by atoms with Crippen LogP contribution in [-0.4, -0.2) is 13.2 Å². The zero-order valence-corrected chi connectivity index (χ0v) is 13.8. The molecule has 0 atom stereocenters. The first kappa shape index (κ1) is 16.5. The van der Waals surface area contributed by atoms with E-state index in [1.54, 1.807) is 0 Å². The highest BCUT2D eigenvalue weighted by Crippen LogP contribution is 2.29. The van der Waals surface area contributed by atoms with Crippen molar-refractivity contribution in [1.29, 1.82) is 0 Å². The second-order valence-electron chi connectivity index (χ2n) is 6.07. The van der Waals surface area contributed by atoms with Crippen molar-refractivity contribution >= 4 is 0 Å². The molecular formula is C22H22O2. The molecule has 1 aliphatic heterocycles. The molecule has 0 N–H and O–H groups in total. The Morgan fingerprint density at radius 2 is 1.58 bits per heavy atom. The van der Waals surface area contributed by atoms with Crippen LogP contribution in [0, 0.1) is 18.3 Å². The van der Waals surface area contributed by atoms with Gasteiger partial charge in [0.25, 0.3) is 0 Å². The minimum absolute atomic E-state index is 0.261. The first-order chi connectivity index (χ1) is 11.8. The van der Waals surface area contributed by atoms with Gasteiger partial charge in [-0.25, -0.2) is 0 Å². The third-order valence-electron chi connectivity index (χ3n) is 4.31. The van der Waals surface area contributed by atoms with E-state index >= 15 is 0 Å². The van der Waals surface area contributed by atoms with Crippen molar-refractivity contribution < 1.29 is 9.47 Å². The molecule has 1 aliphatic rings. The van der Waals surface area contributed by atoms with Gasteiger partial charge in [-0.05, 0) is 36.1 Å². The molecule has 2 nitrogen and oxygen atoms in total. The SMILES string of the molecule is C#Cc1ccc(-c2ccc(C3OCC(CCC=C)CO3)cc2)cc1. The molecule has 1 heterocycles. The molecule has 24 heavy (non-hydrogen) atoms. The summed E-state index contributed by atoms with van der Waals surface area (Å²) in [5.41, 5.74) is 4.25. The molecule has 0 aromatic heterocycles. The fourth-order valence-electron chi connectivity index (χ4n) is 2.85. The number of terminal acetylenes is 1. The van der Waals surface area contributed by atoms with E-state index in [1.165, 1.54) is 0 Å². The van der Waals surface area contributed by atoms with Crippen molar-refractivity contribution in [1.82, 2.24) is 0 Å². The van der Waals surface area contributed by atoms with E-state index < -0.39 is 0 Å². The monoisotopic (exact) mass is 318 g/mol. The average molecular weight is 318 g/mol. The summed E-state index contributed by atoms with van der Waals surface area (Å²) in [4.78, 5) is 0. The minimum Gasteiger partial charge on any atom is -0.348 e. The summed E-state index contributed by atoms with van der Waals surface area (Å²) < 4.78 is 11.7. The Kier molecular flexibility index (Phi) is 5.48. The smallest absolute Gasteiger partial charge is 0.183 e. The molecule has 0 unspecified atom stereocenters. The summed E-state index contributed by atoms with van der Waals surface area (Å²) in [5.74, 6) is 3.10. The molecule has 0 radical (unpaired) electrons. The topological polar surface area (TPSA) is 18.5 Å². The number of hydrogen-bond acceptors (Lipinski definition) is 2. The van der Waals surface area contributed by atoms with Crippen LogP contribution in [0.15, 0.2) is 61.2 Å². The Bertz CT molecular complexity index is 699. The van der Waals surface area contributed by atoms with Gasteiger partial charge >= 0.3 is 0 Å². The summed E-state index contributed by atoms with van der Waals surface area (Å²) >= 11 is 0. The zero-order chi connectivity index (χ0) is 16.8. The molecule has 2 aromatic carbocycles. The molecule has 2 aromatic rings. The lowest BCUT2D eigenvalue weighted by atomic mass is 10.0. The third-order valence-corrected chi connectivity index (χ3v) is 4.31. The molecule has 3 rings (SSSR count). The van der Waals surface area contributed by atoms with Gasteiger partial charge in [0.05, 0.1) is 13.2 Å². The highest BCUT2D eigenvalue weighted by Gasteiger charge is 2.22. The third kappa shape index (κ3) is 3.94. The maximum absolute atomic E-state index is 5.87. The largest absolute Gasteiger partial charge is 0.348 e. The zero-order valence-electron chi connectivity index (χ0n) is 13.8. The minimum atomic E-state index is -0.261. The maximum atomic E-state index is 5.87. The molecule has 0 spiro atoms. The number of benzene rings is 2. The van der Waals surface area contributed by atoms with E-state index in [0.29, 0.717) is 5.92 Å². The second kappa shape index (κ2) is 7.97. The van der Waals surface area contributed by atoms with Crippen LogP contribution in [0.4, 0.5) is 0 Å². The second-order valence-corrected chi connectivity index (χ2v) is 6.07. The summed E-state index contributed by atoms with van der Waals surface area (Å²) in [6.07, 6.45) is 9.16. The molecule has 1 saturated heterocycles. The van der Waals surface area contributed by atoms with Crippen LogP contribution in [0.25, 0.3) is 11.1 Å². The standard InChI is InChI=1S/C22H22O2/c1-3-5-6-18-15-23-22(24-16-18)21-13-11-20(12-14-21)19-9-7-17(4-2)8-10-19/h2-3,7-14,18,22H,1,5-6,15-16H2. The quantitative estimate of drug-likeness (QED) is 0.573. The Morgan fingerprint density at radius 3 is 2.12 bits per heavy atom. The lowest BCUT2D eigenvalue weighted by molar-refractivity contribution is -0.205. The van der Waals surface area contributed by atoms with Crippen LogP contribution in [0.3, 0.4) is 0 Å². The van der Waals surface area contributed by atoms with Gasteiger partial charge in [-0.15, -0.1) is 13.0 Å². The molecule has 1 fully saturated rings. The van der Waals surface area contributed by atoms with Gasteiger partial charge in [0, 0.05) is 17.0 Å². The predicted octanol–water partition coefficient (Wildman–Crippen LogP) is 4.96. The van der Waals surface area contributed by atoms with Gasteiger partial charge in [-0.2, -0.15) is 0 Å². The van der Waals surface area contributed by atoms with Gasteiger partial charge < -0.3 is 9.47 Å². The number of ether oxygens (including phenoxy) is 2. The summed E-state index contributed by atoms with van der Waals surface area (Å²) in [6, 6.07) is 16.3. The molecule has 122 valence electrons. The van der Waals surface area contributed by atoms with E-state index in [9.17, 15) is 0 Å². The van der Waals surface area contributed by atoms with E-state index in [2.05, 4.69) is 36.8 Å². The molecule has 0 amide bonds. The highest BCUT2D eigenvalue weighted by molar-refractivity contribution is 5.64.